The molecule has 0 aliphatic heterocycles. The molecule has 1 atom stereocenters. The average molecular weight is 294 g/mol. The van der Waals surface area contributed by atoms with Crippen LogP contribution in [-0.2, 0) is 0 Å². The quantitative estimate of drug-likeness (QED) is 0.873. The molecule has 0 amide bonds. The van der Waals surface area contributed by atoms with Gasteiger partial charge in [-0.25, -0.2) is 4.39 Å². The number of ether oxygens (including phenoxy) is 1. The molecular weight excluding hydrogens is 277 g/mol. The first-order valence-corrected chi connectivity index (χ1v) is 6.76. The lowest BCUT2D eigenvalue weighted by atomic mass is 10.0. The van der Waals surface area contributed by atoms with Gasteiger partial charge in [-0.3, -0.25) is 0 Å². The largest absolute Gasteiger partial charge is 0.457 e. The van der Waals surface area contributed by atoms with Crippen molar-refractivity contribution in [1.82, 2.24) is 0 Å². The van der Waals surface area contributed by atoms with E-state index >= 15 is 0 Å². The zero-order valence-electron chi connectivity index (χ0n) is 11.7. The number of benzene rings is 2. The topological polar surface area (TPSA) is 35.2 Å². The molecule has 0 saturated carbocycles. The zero-order valence-corrected chi connectivity index (χ0v) is 12.5. The Morgan fingerprint density at radius 2 is 1.85 bits per heavy atom. The van der Waals surface area contributed by atoms with Gasteiger partial charge in [0.2, 0.25) is 0 Å². The highest BCUT2D eigenvalue weighted by Crippen LogP contribution is 2.32. The molecule has 0 aromatic heterocycles. The maximum Gasteiger partial charge on any atom is 0.132 e. The number of halogens is 2. The fourth-order valence-electron chi connectivity index (χ4n) is 1.92. The molecule has 0 saturated heterocycles. The lowest BCUT2D eigenvalue weighted by Crippen LogP contribution is -2.08. The number of rotatable bonds is 3. The van der Waals surface area contributed by atoms with Crippen LogP contribution >= 0.6 is 11.6 Å². The molecule has 0 spiro atoms. The van der Waals surface area contributed by atoms with Gasteiger partial charge in [0, 0.05) is 16.6 Å². The SMILES string of the molecule is Cc1cc(Oc2ccc(Cl)c(C)c2)c([C@@H](C)N)cc1F. The predicted octanol–water partition coefficient (Wildman–Crippen LogP) is 4.91. The molecule has 2 nitrogen and oxygen atoms in total. The second-order valence-electron chi connectivity index (χ2n) is 4.94. The Balaban J connectivity index is 2.41. The van der Waals surface area contributed by atoms with Gasteiger partial charge in [-0.15, -0.1) is 0 Å². The minimum absolute atomic E-state index is 0.281. The molecule has 106 valence electrons. The van der Waals surface area contributed by atoms with Crippen molar-refractivity contribution in [3.8, 4) is 11.5 Å². The third-order valence-electron chi connectivity index (χ3n) is 3.14. The molecule has 2 N–H and O–H groups in total. The van der Waals surface area contributed by atoms with Crippen LogP contribution in [-0.4, -0.2) is 0 Å². The molecule has 2 aromatic carbocycles. The Labute approximate surface area is 123 Å². The average Bonchev–Trinajstić information content (AvgIpc) is 2.37. The van der Waals surface area contributed by atoms with E-state index in [4.69, 9.17) is 22.1 Å². The van der Waals surface area contributed by atoms with E-state index in [2.05, 4.69) is 0 Å². The molecular formula is C16H17ClFNO. The van der Waals surface area contributed by atoms with Crippen LogP contribution < -0.4 is 10.5 Å². The highest BCUT2D eigenvalue weighted by atomic mass is 35.5. The van der Waals surface area contributed by atoms with Crippen LogP contribution in [0.4, 0.5) is 4.39 Å². The molecule has 0 fully saturated rings. The minimum Gasteiger partial charge on any atom is -0.457 e. The lowest BCUT2D eigenvalue weighted by molar-refractivity contribution is 0.468. The molecule has 2 aromatic rings. The summed E-state index contributed by atoms with van der Waals surface area (Å²) >= 11 is 5.99. The zero-order chi connectivity index (χ0) is 14.9. The molecule has 0 aliphatic rings. The monoisotopic (exact) mass is 293 g/mol. The highest BCUT2D eigenvalue weighted by Gasteiger charge is 2.13. The molecule has 4 heteroatoms. The van der Waals surface area contributed by atoms with Crippen molar-refractivity contribution >= 4 is 11.6 Å². The lowest BCUT2D eigenvalue weighted by Gasteiger charge is -2.15. The third kappa shape index (κ3) is 3.11. The summed E-state index contributed by atoms with van der Waals surface area (Å²) in [6, 6.07) is 8.17. The normalized spacial score (nSPS) is 12.3. The summed E-state index contributed by atoms with van der Waals surface area (Å²) in [5.41, 5.74) is 7.96. The van der Waals surface area contributed by atoms with Crippen molar-refractivity contribution in [1.29, 1.82) is 0 Å². The number of hydrogen-bond acceptors (Lipinski definition) is 2. The van der Waals surface area contributed by atoms with Gasteiger partial charge in [-0.05, 0) is 62.2 Å². The van der Waals surface area contributed by atoms with E-state index in [-0.39, 0.29) is 11.9 Å². The summed E-state index contributed by atoms with van der Waals surface area (Å²) in [5, 5.41) is 0.681. The summed E-state index contributed by atoms with van der Waals surface area (Å²) in [6.07, 6.45) is 0. The Bertz CT molecular complexity index is 641. The van der Waals surface area contributed by atoms with E-state index in [1.807, 2.05) is 13.0 Å². The van der Waals surface area contributed by atoms with Crippen molar-refractivity contribution in [3.63, 3.8) is 0 Å². The van der Waals surface area contributed by atoms with Crippen LogP contribution in [0.25, 0.3) is 0 Å². The summed E-state index contributed by atoms with van der Waals surface area (Å²) in [4.78, 5) is 0. The summed E-state index contributed by atoms with van der Waals surface area (Å²) < 4.78 is 19.5. The summed E-state index contributed by atoms with van der Waals surface area (Å²) in [5.74, 6) is 0.942. The first-order valence-electron chi connectivity index (χ1n) is 6.38. The highest BCUT2D eigenvalue weighted by molar-refractivity contribution is 6.31. The van der Waals surface area contributed by atoms with Crippen molar-refractivity contribution in [2.24, 2.45) is 5.73 Å². The maximum atomic E-state index is 13.6. The second kappa shape index (κ2) is 5.81. The first-order chi connectivity index (χ1) is 9.38. The van der Waals surface area contributed by atoms with Crippen molar-refractivity contribution in [2.75, 3.05) is 0 Å². The van der Waals surface area contributed by atoms with Crippen molar-refractivity contribution in [2.45, 2.75) is 26.8 Å². The molecule has 0 bridgehead atoms. The van der Waals surface area contributed by atoms with Gasteiger partial charge >= 0.3 is 0 Å². The van der Waals surface area contributed by atoms with Gasteiger partial charge in [0.1, 0.15) is 17.3 Å². The summed E-state index contributed by atoms with van der Waals surface area (Å²) in [6.45, 7) is 5.39. The van der Waals surface area contributed by atoms with E-state index in [1.165, 1.54) is 6.07 Å². The smallest absolute Gasteiger partial charge is 0.132 e. The molecule has 2 rings (SSSR count). The van der Waals surface area contributed by atoms with Crippen LogP contribution in [0.3, 0.4) is 0 Å². The van der Waals surface area contributed by atoms with Gasteiger partial charge in [0.25, 0.3) is 0 Å². The Hall–Kier alpha value is -1.58. The maximum absolute atomic E-state index is 13.6. The molecule has 0 aliphatic carbocycles. The van der Waals surface area contributed by atoms with E-state index in [1.54, 1.807) is 32.0 Å². The van der Waals surface area contributed by atoms with Crippen LogP contribution in [0.15, 0.2) is 30.3 Å². The standard InChI is InChI=1S/C16H17ClFNO/c1-9-6-12(4-5-14(9)17)20-16-7-10(2)15(18)8-13(16)11(3)19/h4-8,11H,19H2,1-3H3/t11-/m1/s1. The van der Waals surface area contributed by atoms with Crippen LogP contribution in [0, 0.1) is 19.7 Å². The number of nitrogens with two attached hydrogens (primary N) is 1. The van der Waals surface area contributed by atoms with E-state index in [9.17, 15) is 4.39 Å². The van der Waals surface area contributed by atoms with Gasteiger partial charge in [0.05, 0.1) is 0 Å². The minimum atomic E-state index is -0.312. The Kier molecular flexibility index (Phi) is 4.31. The molecule has 0 radical (unpaired) electrons. The van der Waals surface area contributed by atoms with Gasteiger partial charge < -0.3 is 10.5 Å². The van der Waals surface area contributed by atoms with Gasteiger partial charge in [0.15, 0.2) is 0 Å². The van der Waals surface area contributed by atoms with Crippen LogP contribution in [0.2, 0.25) is 5.02 Å². The van der Waals surface area contributed by atoms with E-state index < -0.39 is 0 Å². The molecule has 0 heterocycles. The second-order valence-corrected chi connectivity index (χ2v) is 5.35. The van der Waals surface area contributed by atoms with Crippen molar-refractivity contribution in [3.05, 3.63) is 57.9 Å². The Morgan fingerprint density at radius 3 is 2.45 bits per heavy atom. The third-order valence-corrected chi connectivity index (χ3v) is 3.56. The summed E-state index contributed by atoms with van der Waals surface area (Å²) in [7, 11) is 0. The Morgan fingerprint density at radius 1 is 1.15 bits per heavy atom. The van der Waals surface area contributed by atoms with E-state index in [0.29, 0.717) is 27.6 Å². The van der Waals surface area contributed by atoms with Crippen LogP contribution in [0.1, 0.15) is 29.7 Å². The molecule has 20 heavy (non-hydrogen) atoms. The van der Waals surface area contributed by atoms with Crippen LogP contribution in [0.5, 0.6) is 11.5 Å². The number of aryl methyl sites for hydroxylation is 2. The van der Waals surface area contributed by atoms with Gasteiger partial charge in [-0.1, -0.05) is 11.6 Å². The van der Waals surface area contributed by atoms with E-state index in [0.717, 1.165) is 5.56 Å². The first kappa shape index (κ1) is 14.8. The predicted molar refractivity (Wildman–Crippen MR) is 80.0 cm³/mol. The fourth-order valence-corrected chi connectivity index (χ4v) is 2.04. The van der Waals surface area contributed by atoms with Crippen molar-refractivity contribution < 1.29 is 9.13 Å². The number of hydrogen-bond donors (Lipinski definition) is 1. The molecule has 0 unspecified atom stereocenters. The fraction of sp³-hybridized carbons (Fsp3) is 0.250. The van der Waals surface area contributed by atoms with Gasteiger partial charge in [-0.2, -0.15) is 0 Å².